The largest absolute Gasteiger partial charge is 0.481 e. The summed E-state index contributed by atoms with van der Waals surface area (Å²) < 4.78 is 0. The molecule has 0 saturated heterocycles. The van der Waals surface area contributed by atoms with Crippen LogP contribution in [0.15, 0.2) is 0 Å². The van der Waals surface area contributed by atoms with Gasteiger partial charge in [-0.25, -0.2) is 0 Å². The van der Waals surface area contributed by atoms with Gasteiger partial charge in [0.15, 0.2) is 0 Å². The molecule has 4 aliphatic carbocycles. The number of hydrogen-bond acceptors (Lipinski definition) is 3. The highest BCUT2D eigenvalue weighted by Gasteiger charge is 2.64. The van der Waals surface area contributed by atoms with E-state index >= 15 is 0 Å². The summed E-state index contributed by atoms with van der Waals surface area (Å²) in [6, 6.07) is 0. The average molecular weight is 421 g/mol. The lowest BCUT2D eigenvalue weighted by Gasteiger charge is -2.64. The Morgan fingerprint density at radius 2 is 1.60 bits per heavy atom. The van der Waals surface area contributed by atoms with E-state index in [-0.39, 0.29) is 34.9 Å². The number of carboxylic acids is 1. The third-order valence-electron chi connectivity index (χ3n) is 11.0. The van der Waals surface area contributed by atoms with Crippen molar-refractivity contribution in [2.24, 2.45) is 58.2 Å². The number of aliphatic carboxylic acids is 1. The first-order valence-corrected chi connectivity index (χ1v) is 12.6. The Labute approximate surface area is 182 Å². The normalized spacial score (nSPS) is 52.6. The van der Waals surface area contributed by atoms with E-state index in [1.165, 1.54) is 25.7 Å². The molecule has 0 bridgehead atoms. The maximum atomic E-state index is 11.6. The van der Waals surface area contributed by atoms with Crippen LogP contribution < -0.4 is 0 Å². The minimum absolute atomic E-state index is 0.198. The van der Waals surface area contributed by atoms with Crippen molar-refractivity contribution in [3.8, 4) is 0 Å². The number of rotatable bonds is 4. The van der Waals surface area contributed by atoms with Crippen molar-refractivity contribution in [2.75, 3.05) is 0 Å². The van der Waals surface area contributed by atoms with Gasteiger partial charge in [-0.1, -0.05) is 34.6 Å². The first kappa shape index (κ1) is 22.6. The number of aliphatic hydroxyl groups excluding tert-OH is 2. The van der Waals surface area contributed by atoms with Gasteiger partial charge in [0.1, 0.15) is 0 Å². The van der Waals surface area contributed by atoms with E-state index in [2.05, 4.69) is 27.7 Å². The predicted molar refractivity (Wildman–Crippen MR) is 118 cm³/mol. The molecule has 4 fully saturated rings. The van der Waals surface area contributed by atoms with Gasteiger partial charge in [-0.05, 0) is 104 Å². The van der Waals surface area contributed by atoms with Crippen LogP contribution in [0.2, 0.25) is 0 Å². The smallest absolute Gasteiger partial charge is 0.306 e. The van der Waals surface area contributed by atoms with Crippen LogP contribution in [-0.2, 0) is 4.79 Å². The SMILES string of the molecule is C[C@H](C[C@H](C)C(=O)O)[C@H]1CC[C@H]2[C@@H]3[C@H](O)[C@H](C)C4C[C@H](O)CC[C@]4(C)[C@H]3CC[C@]12C. The minimum atomic E-state index is -0.680. The van der Waals surface area contributed by atoms with Gasteiger partial charge in [0, 0.05) is 0 Å². The molecule has 4 rings (SSSR count). The van der Waals surface area contributed by atoms with Gasteiger partial charge in [-0.3, -0.25) is 4.79 Å². The highest BCUT2D eigenvalue weighted by molar-refractivity contribution is 5.69. The van der Waals surface area contributed by atoms with Crippen LogP contribution in [0.4, 0.5) is 0 Å². The highest BCUT2D eigenvalue weighted by atomic mass is 16.4. The number of carbonyl (C=O) groups is 1. The molecule has 0 heterocycles. The number of fused-ring (bicyclic) bond motifs is 5. The van der Waals surface area contributed by atoms with Crippen LogP contribution in [0.3, 0.4) is 0 Å². The summed E-state index contributed by atoms with van der Waals surface area (Å²) in [6.45, 7) is 11.3. The molecule has 0 aliphatic heterocycles. The average Bonchev–Trinajstić information content (AvgIpc) is 3.04. The predicted octanol–water partition coefficient (Wildman–Crippen LogP) is 4.97. The Hall–Kier alpha value is -0.610. The van der Waals surface area contributed by atoms with Gasteiger partial charge in [0.2, 0.25) is 0 Å². The van der Waals surface area contributed by atoms with Crippen molar-refractivity contribution >= 4 is 5.97 Å². The van der Waals surface area contributed by atoms with Gasteiger partial charge in [0.05, 0.1) is 18.1 Å². The molecule has 4 saturated carbocycles. The molecular formula is C26H44O4. The molecule has 0 radical (unpaired) electrons. The zero-order valence-corrected chi connectivity index (χ0v) is 19.7. The summed E-state index contributed by atoms with van der Waals surface area (Å²) in [5.41, 5.74) is 0.461. The molecule has 0 aromatic rings. The Kier molecular flexibility index (Phi) is 5.84. The van der Waals surface area contributed by atoms with Gasteiger partial charge < -0.3 is 15.3 Å². The maximum absolute atomic E-state index is 11.6. The lowest BCUT2D eigenvalue weighted by Crippen LogP contribution is -2.61. The third kappa shape index (κ3) is 3.27. The fourth-order valence-corrected chi connectivity index (χ4v) is 9.45. The monoisotopic (exact) mass is 420 g/mol. The van der Waals surface area contributed by atoms with Gasteiger partial charge >= 0.3 is 5.97 Å². The Morgan fingerprint density at radius 1 is 0.967 bits per heavy atom. The molecule has 4 aliphatic rings. The van der Waals surface area contributed by atoms with Crippen LogP contribution in [0.1, 0.15) is 86.0 Å². The Balaban J connectivity index is 1.59. The molecule has 4 nitrogen and oxygen atoms in total. The minimum Gasteiger partial charge on any atom is -0.481 e. The highest BCUT2D eigenvalue weighted by Crippen LogP contribution is 2.69. The summed E-state index contributed by atoms with van der Waals surface area (Å²) in [6.07, 6.45) is 7.90. The van der Waals surface area contributed by atoms with Crippen molar-refractivity contribution in [1.29, 1.82) is 0 Å². The first-order chi connectivity index (χ1) is 14.0. The summed E-state index contributed by atoms with van der Waals surface area (Å²) >= 11 is 0. The van der Waals surface area contributed by atoms with E-state index in [1.807, 2.05) is 6.92 Å². The zero-order valence-electron chi connectivity index (χ0n) is 19.7. The van der Waals surface area contributed by atoms with E-state index < -0.39 is 5.97 Å². The quantitative estimate of drug-likeness (QED) is 0.600. The molecular weight excluding hydrogens is 376 g/mol. The maximum Gasteiger partial charge on any atom is 0.306 e. The summed E-state index contributed by atoms with van der Waals surface area (Å²) in [4.78, 5) is 11.4. The molecule has 0 spiro atoms. The van der Waals surface area contributed by atoms with Crippen molar-refractivity contribution in [3.05, 3.63) is 0 Å². The van der Waals surface area contributed by atoms with E-state index in [1.54, 1.807) is 0 Å². The van der Waals surface area contributed by atoms with Crippen LogP contribution in [-0.4, -0.2) is 33.5 Å². The zero-order chi connectivity index (χ0) is 22.0. The third-order valence-corrected chi connectivity index (χ3v) is 11.0. The Bertz CT molecular complexity index is 663. The van der Waals surface area contributed by atoms with Crippen molar-refractivity contribution in [3.63, 3.8) is 0 Å². The fraction of sp³-hybridized carbons (Fsp3) is 0.962. The molecule has 12 atom stereocenters. The van der Waals surface area contributed by atoms with Crippen molar-refractivity contribution in [1.82, 2.24) is 0 Å². The molecule has 30 heavy (non-hydrogen) atoms. The topological polar surface area (TPSA) is 77.8 Å². The molecule has 4 heteroatoms. The van der Waals surface area contributed by atoms with Gasteiger partial charge in [0.25, 0.3) is 0 Å². The van der Waals surface area contributed by atoms with Gasteiger partial charge in [-0.2, -0.15) is 0 Å². The second kappa shape index (κ2) is 7.76. The van der Waals surface area contributed by atoms with Crippen LogP contribution in [0.25, 0.3) is 0 Å². The lowest BCUT2D eigenvalue weighted by atomic mass is 9.42. The summed E-state index contributed by atoms with van der Waals surface area (Å²) in [5.74, 6) is 2.15. The van der Waals surface area contributed by atoms with E-state index in [0.717, 1.165) is 25.7 Å². The molecule has 1 unspecified atom stereocenters. The van der Waals surface area contributed by atoms with Crippen molar-refractivity contribution in [2.45, 2.75) is 98.2 Å². The molecule has 3 N–H and O–H groups in total. The fourth-order valence-electron chi connectivity index (χ4n) is 9.45. The molecule has 0 aromatic carbocycles. The van der Waals surface area contributed by atoms with E-state index in [9.17, 15) is 20.1 Å². The van der Waals surface area contributed by atoms with E-state index in [0.29, 0.717) is 35.5 Å². The Morgan fingerprint density at radius 3 is 2.27 bits per heavy atom. The number of aliphatic hydroxyl groups is 2. The van der Waals surface area contributed by atoms with Crippen LogP contribution in [0.5, 0.6) is 0 Å². The molecule has 0 aromatic heterocycles. The second-order valence-electron chi connectivity index (χ2n) is 12.4. The first-order valence-electron chi connectivity index (χ1n) is 12.6. The van der Waals surface area contributed by atoms with Crippen LogP contribution in [0, 0.1) is 58.2 Å². The standard InChI is InChI=1S/C26H44O4/c1-14(12-15(2)24(29)30)18-6-7-19-22-20(9-11-25(18,19)4)26(5)10-8-17(27)13-21(26)16(3)23(22)28/h14-23,27-28H,6-13H2,1-5H3,(H,29,30)/t14-,15+,16-,17-,18-,19+,20+,21?,22+,23-,25-,26-/m1/s1. The second-order valence-corrected chi connectivity index (χ2v) is 12.4. The summed E-state index contributed by atoms with van der Waals surface area (Å²) in [5, 5.41) is 31.3. The number of carboxylic acid groups (broad SMARTS) is 1. The molecule has 0 amide bonds. The molecule has 172 valence electrons. The summed E-state index contributed by atoms with van der Waals surface area (Å²) in [7, 11) is 0. The number of hydrogen-bond donors (Lipinski definition) is 3. The van der Waals surface area contributed by atoms with Crippen molar-refractivity contribution < 1.29 is 20.1 Å². The van der Waals surface area contributed by atoms with Gasteiger partial charge in [-0.15, -0.1) is 0 Å². The van der Waals surface area contributed by atoms with Crippen LogP contribution >= 0.6 is 0 Å². The van der Waals surface area contributed by atoms with E-state index in [4.69, 9.17) is 0 Å². The lowest BCUT2D eigenvalue weighted by molar-refractivity contribution is -0.199.